The van der Waals surface area contributed by atoms with Crippen molar-refractivity contribution in [1.82, 2.24) is 5.32 Å². The summed E-state index contributed by atoms with van der Waals surface area (Å²) in [5, 5.41) is 15.7. The van der Waals surface area contributed by atoms with E-state index in [9.17, 15) is 14.0 Å². The average molecular weight is 646 g/mol. The van der Waals surface area contributed by atoms with Crippen molar-refractivity contribution < 1.29 is 33.3 Å². The van der Waals surface area contributed by atoms with E-state index in [1.165, 1.54) is 6.07 Å². The summed E-state index contributed by atoms with van der Waals surface area (Å²) in [6.45, 7) is 5.74. The van der Waals surface area contributed by atoms with Crippen molar-refractivity contribution in [2.45, 2.75) is 70.2 Å². The molecule has 2 N–H and O–H groups in total. The van der Waals surface area contributed by atoms with E-state index in [1.54, 1.807) is 87.5 Å². The van der Waals surface area contributed by atoms with Crippen LogP contribution in [0.1, 0.15) is 68.4 Å². The maximum absolute atomic E-state index is 14.4. The number of hydrogen-bond donors (Lipinski definition) is 2. The molecule has 0 bridgehead atoms. The molecule has 12 heteroatoms. The molecule has 0 aliphatic carbocycles. The van der Waals surface area contributed by atoms with Crippen LogP contribution in [0, 0.1) is 5.82 Å². The molecule has 4 rings (SSSR count). The molecule has 47 heavy (non-hydrogen) atoms. The second kappa shape index (κ2) is 16.1. The Bertz CT molecular complexity index is 1620. The standard InChI is InChI=1S/C35H40FN5O6/c1-34(2,3)47-30(43)17-19-35(33(44)38-20-18-24-9-5-7-12-29(24)36)31(28-11-6-4-10-26(28)23-39-41-37)46-32(40-35)25-13-15-27(16-14-25)45-22-8-21-42/h4-7,9-16,31,42H,8,17-23H2,1-3H3,(H,38,44)/t31-,35-/m1/s1. The Morgan fingerprint density at radius 3 is 2.47 bits per heavy atom. The topological polar surface area (TPSA) is 155 Å². The quantitative estimate of drug-likeness (QED) is 0.0666. The molecule has 3 aromatic rings. The first kappa shape index (κ1) is 34.9. The summed E-state index contributed by atoms with van der Waals surface area (Å²) in [5.74, 6) is -0.646. The van der Waals surface area contributed by atoms with E-state index in [4.69, 9.17) is 29.8 Å². The highest BCUT2D eigenvalue weighted by atomic mass is 19.1. The van der Waals surface area contributed by atoms with Gasteiger partial charge in [0.25, 0.3) is 5.91 Å². The van der Waals surface area contributed by atoms with E-state index in [0.29, 0.717) is 41.0 Å². The van der Waals surface area contributed by atoms with Crippen LogP contribution in [0.15, 0.2) is 82.9 Å². The van der Waals surface area contributed by atoms with Gasteiger partial charge in [-0.3, -0.25) is 9.59 Å². The molecule has 0 fully saturated rings. The van der Waals surface area contributed by atoms with Crippen molar-refractivity contribution in [3.63, 3.8) is 0 Å². The minimum atomic E-state index is -1.65. The molecule has 0 saturated heterocycles. The molecule has 0 aromatic heterocycles. The van der Waals surface area contributed by atoms with Crippen molar-refractivity contribution in [3.8, 4) is 5.75 Å². The zero-order valence-corrected chi connectivity index (χ0v) is 26.8. The molecule has 11 nitrogen and oxygen atoms in total. The smallest absolute Gasteiger partial charge is 0.306 e. The summed E-state index contributed by atoms with van der Waals surface area (Å²) < 4.78 is 32.1. The number of aliphatic imine (C=N–C) groups is 1. The highest BCUT2D eigenvalue weighted by molar-refractivity contribution is 6.01. The van der Waals surface area contributed by atoms with Crippen molar-refractivity contribution in [3.05, 3.63) is 111 Å². The lowest BCUT2D eigenvalue weighted by Crippen LogP contribution is -2.49. The summed E-state index contributed by atoms with van der Waals surface area (Å²) in [7, 11) is 0. The average Bonchev–Trinajstić information content (AvgIpc) is 3.44. The van der Waals surface area contributed by atoms with Gasteiger partial charge in [0, 0.05) is 36.5 Å². The van der Waals surface area contributed by atoms with Crippen LogP contribution in [0.25, 0.3) is 10.4 Å². The second-order valence-corrected chi connectivity index (χ2v) is 12.1. The summed E-state index contributed by atoms with van der Waals surface area (Å²) in [6, 6.07) is 20.4. The fourth-order valence-corrected chi connectivity index (χ4v) is 5.24. The van der Waals surface area contributed by atoms with E-state index < -0.39 is 29.1 Å². The lowest BCUT2D eigenvalue weighted by Gasteiger charge is -2.32. The Balaban J connectivity index is 1.75. The number of halogens is 1. The van der Waals surface area contributed by atoms with Crippen LogP contribution in [0.2, 0.25) is 0 Å². The van der Waals surface area contributed by atoms with E-state index in [0.717, 1.165) is 0 Å². The van der Waals surface area contributed by atoms with Gasteiger partial charge in [0.15, 0.2) is 11.6 Å². The van der Waals surface area contributed by atoms with Gasteiger partial charge in [-0.05, 0) is 86.2 Å². The highest BCUT2D eigenvalue weighted by Crippen LogP contribution is 2.44. The number of aliphatic hydroxyl groups excluding tert-OH is 1. The van der Waals surface area contributed by atoms with Gasteiger partial charge in [-0.15, -0.1) is 0 Å². The molecule has 1 aliphatic heterocycles. The third kappa shape index (κ3) is 9.31. The monoisotopic (exact) mass is 645 g/mol. The number of nitrogens with zero attached hydrogens (tertiary/aromatic N) is 4. The number of carbonyl (C=O) groups excluding carboxylic acids is 2. The van der Waals surface area contributed by atoms with Crippen LogP contribution in [0.4, 0.5) is 4.39 Å². The van der Waals surface area contributed by atoms with Crippen LogP contribution in [-0.2, 0) is 32.0 Å². The van der Waals surface area contributed by atoms with Gasteiger partial charge >= 0.3 is 5.97 Å². The van der Waals surface area contributed by atoms with E-state index in [2.05, 4.69) is 15.3 Å². The number of carbonyl (C=O) groups is 2. The van der Waals surface area contributed by atoms with Gasteiger partial charge in [-0.2, -0.15) is 0 Å². The first-order valence-electron chi connectivity index (χ1n) is 15.5. The largest absolute Gasteiger partial charge is 0.494 e. The predicted octanol–water partition coefficient (Wildman–Crippen LogP) is 6.13. The number of amides is 1. The number of esters is 1. The summed E-state index contributed by atoms with van der Waals surface area (Å²) >= 11 is 0. The molecule has 1 amide bonds. The Labute approximate surface area is 273 Å². The molecule has 0 spiro atoms. The van der Waals surface area contributed by atoms with E-state index in [-0.39, 0.29) is 50.7 Å². The SMILES string of the molecule is CC(C)(C)OC(=O)CC[C@@]1(C(=O)NCCc2ccccc2F)N=C(c2ccc(OCCCO)cc2)O[C@@H]1c1ccccc1CN=[N+]=[N-]. The van der Waals surface area contributed by atoms with E-state index in [1.807, 2.05) is 0 Å². The van der Waals surface area contributed by atoms with Gasteiger partial charge in [-0.25, -0.2) is 9.38 Å². The molecule has 3 aromatic carbocycles. The highest BCUT2D eigenvalue weighted by Gasteiger charge is 2.53. The molecule has 1 heterocycles. The van der Waals surface area contributed by atoms with Crippen molar-refractivity contribution in [2.24, 2.45) is 10.1 Å². The Morgan fingerprint density at radius 2 is 1.79 bits per heavy atom. The van der Waals surface area contributed by atoms with Crippen molar-refractivity contribution in [1.29, 1.82) is 0 Å². The third-order valence-corrected chi connectivity index (χ3v) is 7.44. The molecule has 0 saturated carbocycles. The number of rotatable bonds is 15. The third-order valence-electron chi connectivity index (χ3n) is 7.44. The molecule has 0 radical (unpaired) electrons. The first-order chi connectivity index (χ1) is 22.6. The van der Waals surface area contributed by atoms with Crippen LogP contribution in [0.3, 0.4) is 0 Å². The number of ether oxygens (including phenoxy) is 3. The molecule has 0 unspecified atom stereocenters. The lowest BCUT2D eigenvalue weighted by atomic mass is 9.81. The zero-order chi connectivity index (χ0) is 33.9. The maximum Gasteiger partial charge on any atom is 0.306 e. The van der Waals surface area contributed by atoms with Crippen molar-refractivity contribution >= 4 is 17.8 Å². The van der Waals surface area contributed by atoms with Gasteiger partial charge in [0.05, 0.1) is 13.2 Å². The maximum atomic E-state index is 14.4. The fourth-order valence-electron chi connectivity index (χ4n) is 5.24. The van der Waals surface area contributed by atoms with Gasteiger partial charge < -0.3 is 24.6 Å². The van der Waals surface area contributed by atoms with Gasteiger partial charge in [-0.1, -0.05) is 47.6 Å². The van der Waals surface area contributed by atoms with Crippen LogP contribution in [0.5, 0.6) is 5.75 Å². The lowest BCUT2D eigenvalue weighted by molar-refractivity contribution is -0.155. The number of nitrogens with one attached hydrogen (secondary N) is 1. The Hall–Kier alpha value is -4.93. The van der Waals surface area contributed by atoms with Gasteiger partial charge in [0.1, 0.15) is 17.2 Å². The number of benzene rings is 3. The minimum Gasteiger partial charge on any atom is -0.494 e. The minimum absolute atomic E-state index is 0.00120. The normalized spacial score (nSPS) is 17.2. The summed E-state index contributed by atoms with van der Waals surface area (Å²) in [6.07, 6.45) is -0.516. The molecule has 248 valence electrons. The number of azide groups is 1. The zero-order valence-electron chi connectivity index (χ0n) is 26.8. The fraction of sp³-hybridized carbons (Fsp3) is 0.400. The number of aliphatic hydroxyl groups is 1. The molecule has 1 aliphatic rings. The van der Waals surface area contributed by atoms with Gasteiger partial charge in [0.2, 0.25) is 5.90 Å². The molecular formula is C35H40FN5O6. The first-order valence-corrected chi connectivity index (χ1v) is 15.5. The van der Waals surface area contributed by atoms with Crippen LogP contribution >= 0.6 is 0 Å². The predicted molar refractivity (Wildman–Crippen MR) is 174 cm³/mol. The number of hydrogen-bond acceptors (Lipinski definition) is 8. The Morgan fingerprint density at radius 1 is 1.09 bits per heavy atom. The second-order valence-electron chi connectivity index (χ2n) is 12.1. The summed E-state index contributed by atoms with van der Waals surface area (Å²) in [4.78, 5) is 35.2. The van der Waals surface area contributed by atoms with Crippen LogP contribution < -0.4 is 10.1 Å². The van der Waals surface area contributed by atoms with Crippen LogP contribution in [-0.4, -0.2) is 53.8 Å². The molecule has 2 atom stereocenters. The van der Waals surface area contributed by atoms with Crippen molar-refractivity contribution in [2.75, 3.05) is 19.8 Å². The molecular weight excluding hydrogens is 605 g/mol. The van der Waals surface area contributed by atoms with E-state index >= 15 is 0 Å². The summed E-state index contributed by atoms with van der Waals surface area (Å²) in [5.41, 5.74) is 8.86. The Kier molecular flexibility index (Phi) is 11.9.